The Kier molecular flexibility index (Phi) is 4.92. The predicted molar refractivity (Wildman–Crippen MR) is 63.9 cm³/mol. The van der Waals surface area contributed by atoms with E-state index in [2.05, 4.69) is 23.8 Å². The molecular weight excluding hydrogens is 204 g/mol. The zero-order valence-electron chi connectivity index (χ0n) is 10.3. The quantitative estimate of drug-likeness (QED) is 0.723. The predicted octanol–water partition coefficient (Wildman–Crippen LogP) is 0.123. The monoisotopic (exact) mass is 226 g/mol. The van der Waals surface area contributed by atoms with Gasteiger partial charge >= 0.3 is 0 Å². The Hall–Kier alpha value is -0.910. The van der Waals surface area contributed by atoms with Crippen molar-refractivity contribution < 1.29 is 5.11 Å². The fourth-order valence-corrected chi connectivity index (χ4v) is 1.96. The molecule has 0 aliphatic carbocycles. The van der Waals surface area contributed by atoms with Crippen LogP contribution < -0.4 is 5.73 Å². The van der Waals surface area contributed by atoms with Crippen molar-refractivity contribution in [2.24, 2.45) is 12.8 Å². The summed E-state index contributed by atoms with van der Waals surface area (Å²) in [4.78, 5) is 2.19. The van der Waals surface area contributed by atoms with Crippen molar-refractivity contribution in [2.75, 3.05) is 19.7 Å². The third-order valence-corrected chi connectivity index (χ3v) is 2.75. The van der Waals surface area contributed by atoms with Crippen molar-refractivity contribution in [2.45, 2.75) is 25.9 Å². The topological polar surface area (TPSA) is 67.3 Å². The highest BCUT2D eigenvalue weighted by molar-refractivity contribution is 5.11. The van der Waals surface area contributed by atoms with Gasteiger partial charge in [-0.2, -0.15) is 5.10 Å². The number of aromatic nitrogens is 2. The third kappa shape index (κ3) is 3.04. The SMILES string of the molecule is CC(C)N(CCO)C(CN)c1cnn(C)c1. The Morgan fingerprint density at radius 3 is 2.62 bits per heavy atom. The van der Waals surface area contributed by atoms with E-state index in [1.807, 2.05) is 19.4 Å². The highest BCUT2D eigenvalue weighted by Crippen LogP contribution is 2.20. The van der Waals surface area contributed by atoms with Crippen molar-refractivity contribution in [1.29, 1.82) is 0 Å². The molecule has 0 spiro atoms. The van der Waals surface area contributed by atoms with Gasteiger partial charge in [-0.25, -0.2) is 0 Å². The van der Waals surface area contributed by atoms with Crippen LogP contribution in [-0.2, 0) is 7.05 Å². The van der Waals surface area contributed by atoms with Crippen LogP contribution in [0.3, 0.4) is 0 Å². The Balaban J connectivity index is 2.85. The minimum absolute atomic E-state index is 0.126. The standard InChI is InChI=1S/C11H22N4O/c1-9(2)15(4-5-16)11(6-12)10-7-13-14(3)8-10/h7-9,11,16H,4-6,12H2,1-3H3. The lowest BCUT2D eigenvalue weighted by atomic mass is 10.1. The molecule has 1 aromatic heterocycles. The van der Waals surface area contributed by atoms with E-state index in [1.54, 1.807) is 4.68 Å². The molecule has 1 atom stereocenters. The molecule has 0 aliphatic rings. The Morgan fingerprint density at radius 2 is 2.25 bits per heavy atom. The van der Waals surface area contributed by atoms with Gasteiger partial charge in [0.05, 0.1) is 18.8 Å². The molecule has 0 fully saturated rings. The van der Waals surface area contributed by atoms with Crippen LogP contribution in [0.15, 0.2) is 12.4 Å². The van der Waals surface area contributed by atoms with Gasteiger partial charge < -0.3 is 10.8 Å². The molecule has 92 valence electrons. The first kappa shape index (κ1) is 13.2. The van der Waals surface area contributed by atoms with E-state index in [-0.39, 0.29) is 12.6 Å². The maximum Gasteiger partial charge on any atom is 0.0558 e. The first-order valence-corrected chi connectivity index (χ1v) is 5.65. The minimum Gasteiger partial charge on any atom is -0.395 e. The molecular formula is C11H22N4O. The molecule has 1 aromatic rings. The summed E-state index contributed by atoms with van der Waals surface area (Å²) in [5.74, 6) is 0. The Bertz CT molecular complexity index is 311. The summed E-state index contributed by atoms with van der Waals surface area (Å²) in [5, 5.41) is 13.2. The fraction of sp³-hybridized carbons (Fsp3) is 0.727. The van der Waals surface area contributed by atoms with E-state index < -0.39 is 0 Å². The van der Waals surface area contributed by atoms with Crippen molar-refractivity contribution >= 4 is 0 Å². The van der Waals surface area contributed by atoms with Crippen molar-refractivity contribution in [3.05, 3.63) is 18.0 Å². The van der Waals surface area contributed by atoms with Crippen molar-refractivity contribution in [3.63, 3.8) is 0 Å². The smallest absolute Gasteiger partial charge is 0.0558 e. The first-order chi connectivity index (χ1) is 7.60. The molecule has 16 heavy (non-hydrogen) atoms. The second-order valence-electron chi connectivity index (χ2n) is 4.25. The molecule has 0 amide bonds. The summed E-state index contributed by atoms with van der Waals surface area (Å²) in [6.45, 7) is 5.52. The molecule has 0 bridgehead atoms. The normalized spacial score (nSPS) is 13.7. The number of hydrogen-bond acceptors (Lipinski definition) is 4. The largest absolute Gasteiger partial charge is 0.395 e. The molecule has 1 rings (SSSR count). The lowest BCUT2D eigenvalue weighted by molar-refractivity contribution is 0.121. The molecule has 3 N–H and O–H groups in total. The van der Waals surface area contributed by atoms with Crippen LogP contribution in [0.1, 0.15) is 25.5 Å². The van der Waals surface area contributed by atoms with E-state index >= 15 is 0 Å². The van der Waals surface area contributed by atoms with Crippen molar-refractivity contribution in [1.82, 2.24) is 14.7 Å². The molecule has 0 saturated heterocycles. The Labute approximate surface area is 96.9 Å². The average molecular weight is 226 g/mol. The lowest BCUT2D eigenvalue weighted by Gasteiger charge is -2.33. The van der Waals surface area contributed by atoms with Crippen LogP contribution >= 0.6 is 0 Å². The summed E-state index contributed by atoms with van der Waals surface area (Å²) in [5.41, 5.74) is 6.93. The van der Waals surface area contributed by atoms with Gasteiger partial charge in [0.2, 0.25) is 0 Å². The number of rotatable bonds is 6. The summed E-state index contributed by atoms with van der Waals surface area (Å²) >= 11 is 0. The van der Waals surface area contributed by atoms with Crippen LogP contribution in [0, 0.1) is 0 Å². The molecule has 0 aliphatic heterocycles. The van der Waals surface area contributed by atoms with Crippen LogP contribution in [0.5, 0.6) is 0 Å². The van der Waals surface area contributed by atoms with Gasteiger partial charge in [0, 0.05) is 37.9 Å². The molecule has 0 aromatic carbocycles. The molecule has 5 nitrogen and oxygen atoms in total. The summed E-state index contributed by atoms with van der Waals surface area (Å²) in [6.07, 6.45) is 3.81. The first-order valence-electron chi connectivity index (χ1n) is 5.65. The van der Waals surface area contributed by atoms with E-state index in [4.69, 9.17) is 10.8 Å². The number of hydrogen-bond donors (Lipinski definition) is 2. The van der Waals surface area contributed by atoms with E-state index in [0.717, 1.165) is 5.56 Å². The van der Waals surface area contributed by atoms with Gasteiger partial charge in [0.25, 0.3) is 0 Å². The fourth-order valence-electron chi connectivity index (χ4n) is 1.96. The molecule has 1 heterocycles. The number of aliphatic hydroxyl groups excluding tert-OH is 1. The van der Waals surface area contributed by atoms with Gasteiger partial charge in [0.1, 0.15) is 0 Å². The van der Waals surface area contributed by atoms with Gasteiger partial charge in [-0.05, 0) is 13.8 Å². The summed E-state index contributed by atoms with van der Waals surface area (Å²) in [7, 11) is 1.89. The van der Waals surface area contributed by atoms with Gasteiger partial charge in [-0.15, -0.1) is 0 Å². The van der Waals surface area contributed by atoms with Gasteiger partial charge in [0.15, 0.2) is 0 Å². The molecule has 0 radical (unpaired) electrons. The number of nitrogens with zero attached hydrogens (tertiary/aromatic N) is 3. The number of aryl methyl sites for hydroxylation is 1. The number of aliphatic hydroxyl groups is 1. The lowest BCUT2D eigenvalue weighted by Crippen LogP contribution is -2.40. The van der Waals surface area contributed by atoms with Crippen LogP contribution in [0.25, 0.3) is 0 Å². The van der Waals surface area contributed by atoms with E-state index in [9.17, 15) is 0 Å². The molecule has 1 unspecified atom stereocenters. The average Bonchev–Trinajstić information content (AvgIpc) is 2.64. The minimum atomic E-state index is 0.126. The highest BCUT2D eigenvalue weighted by Gasteiger charge is 2.22. The maximum atomic E-state index is 9.08. The zero-order chi connectivity index (χ0) is 12.1. The zero-order valence-corrected chi connectivity index (χ0v) is 10.3. The van der Waals surface area contributed by atoms with Crippen molar-refractivity contribution in [3.8, 4) is 0 Å². The van der Waals surface area contributed by atoms with Crippen LogP contribution in [0.2, 0.25) is 0 Å². The number of nitrogens with two attached hydrogens (primary N) is 1. The van der Waals surface area contributed by atoms with E-state index in [1.165, 1.54) is 0 Å². The Morgan fingerprint density at radius 1 is 1.56 bits per heavy atom. The summed E-state index contributed by atoms with van der Waals surface area (Å²) in [6, 6.07) is 0.474. The molecule has 0 saturated carbocycles. The highest BCUT2D eigenvalue weighted by atomic mass is 16.3. The van der Waals surface area contributed by atoms with Crippen LogP contribution in [-0.4, -0.2) is 45.5 Å². The molecule has 5 heteroatoms. The maximum absolute atomic E-state index is 9.08. The van der Waals surface area contributed by atoms with Gasteiger partial charge in [-0.1, -0.05) is 0 Å². The van der Waals surface area contributed by atoms with E-state index in [0.29, 0.717) is 19.1 Å². The second kappa shape index (κ2) is 5.98. The van der Waals surface area contributed by atoms with Gasteiger partial charge in [-0.3, -0.25) is 9.58 Å². The second-order valence-corrected chi connectivity index (χ2v) is 4.25. The third-order valence-electron chi connectivity index (χ3n) is 2.75. The summed E-state index contributed by atoms with van der Waals surface area (Å²) < 4.78 is 1.77. The van der Waals surface area contributed by atoms with Crippen LogP contribution in [0.4, 0.5) is 0 Å².